The molecule has 1 heterocycles. The van der Waals surface area contributed by atoms with Crippen LogP contribution in [0.5, 0.6) is 0 Å². The summed E-state index contributed by atoms with van der Waals surface area (Å²) in [5.41, 5.74) is 1.86. The normalized spacial score (nSPS) is 11.0. The quantitative estimate of drug-likeness (QED) is 0.703. The molecule has 0 radical (unpaired) electrons. The fraction of sp³-hybridized carbons (Fsp3) is 0.158. The Morgan fingerprint density at radius 2 is 1.81 bits per heavy atom. The Morgan fingerprint density at radius 3 is 2.54 bits per heavy atom. The van der Waals surface area contributed by atoms with Crippen molar-refractivity contribution >= 4 is 16.8 Å². The van der Waals surface area contributed by atoms with E-state index in [4.69, 9.17) is 0 Å². The van der Waals surface area contributed by atoms with Crippen molar-refractivity contribution in [3.05, 3.63) is 80.4 Å². The highest BCUT2D eigenvalue weighted by Gasteiger charge is 2.19. The number of H-pyrrole nitrogens is 1. The topological polar surface area (TPSA) is 62.0 Å². The number of halogens is 3. The minimum Gasteiger partial charge on any atom is -0.348 e. The van der Waals surface area contributed by atoms with Gasteiger partial charge in [0.05, 0.1) is 11.1 Å². The second kappa shape index (κ2) is 6.67. The van der Waals surface area contributed by atoms with Crippen molar-refractivity contribution in [2.24, 2.45) is 0 Å². The average molecular weight is 360 g/mol. The number of benzene rings is 2. The molecule has 3 rings (SSSR count). The summed E-state index contributed by atoms with van der Waals surface area (Å²) in [7, 11) is 0. The third-order valence-electron chi connectivity index (χ3n) is 4.09. The van der Waals surface area contributed by atoms with E-state index < -0.39 is 34.5 Å². The van der Waals surface area contributed by atoms with Crippen LogP contribution in [0.3, 0.4) is 0 Å². The maximum Gasteiger partial charge on any atom is 0.254 e. The number of amides is 1. The molecule has 0 bridgehead atoms. The maximum absolute atomic E-state index is 13.7. The first-order chi connectivity index (χ1) is 12.3. The Morgan fingerprint density at radius 1 is 1.08 bits per heavy atom. The number of nitrogens with one attached hydrogen (secondary N) is 2. The number of aromatic amines is 1. The first-order valence-corrected chi connectivity index (χ1v) is 7.83. The Labute approximate surface area is 146 Å². The fourth-order valence-corrected chi connectivity index (χ4v) is 2.84. The summed E-state index contributed by atoms with van der Waals surface area (Å²) in [6.45, 7) is 3.61. The average Bonchev–Trinajstić information content (AvgIpc) is 2.58. The molecule has 0 fully saturated rings. The van der Waals surface area contributed by atoms with Crippen molar-refractivity contribution in [3.63, 3.8) is 0 Å². The molecule has 0 saturated heterocycles. The van der Waals surface area contributed by atoms with E-state index in [0.717, 1.165) is 22.6 Å². The molecule has 0 atom stereocenters. The summed E-state index contributed by atoms with van der Waals surface area (Å²) in [6.07, 6.45) is 0. The highest BCUT2D eigenvalue weighted by atomic mass is 19.2. The largest absolute Gasteiger partial charge is 0.348 e. The smallest absolute Gasteiger partial charge is 0.254 e. The Kier molecular flexibility index (Phi) is 4.54. The lowest BCUT2D eigenvalue weighted by atomic mass is 10.1. The van der Waals surface area contributed by atoms with Gasteiger partial charge in [-0.2, -0.15) is 0 Å². The van der Waals surface area contributed by atoms with Crippen LogP contribution in [0, 0.1) is 31.3 Å². The minimum absolute atomic E-state index is 0.185. The zero-order chi connectivity index (χ0) is 19.0. The number of pyridine rings is 1. The summed E-state index contributed by atoms with van der Waals surface area (Å²) in [5.74, 6) is -5.61. The van der Waals surface area contributed by atoms with Crippen LogP contribution in [0.1, 0.15) is 27.0 Å². The molecule has 26 heavy (non-hydrogen) atoms. The van der Waals surface area contributed by atoms with Crippen molar-refractivity contribution in [1.82, 2.24) is 10.3 Å². The zero-order valence-corrected chi connectivity index (χ0v) is 14.0. The lowest BCUT2D eigenvalue weighted by Gasteiger charge is -2.09. The van der Waals surface area contributed by atoms with E-state index in [1.807, 2.05) is 26.0 Å². The van der Waals surface area contributed by atoms with Gasteiger partial charge >= 0.3 is 0 Å². The second-order valence-electron chi connectivity index (χ2n) is 6.08. The van der Waals surface area contributed by atoms with Crippen LogP contribution in [-0.2, 0) is 6.54 Å². The van der Waals surface area contributed by atoms with Gasteiger partial charge in [-0.05, 0) is 49.1 Å². The van der Waals surface area contributed by atoms with E-state index in [1.54, 1.807) is 6.07 Å². The number of hydrogen-bond acceptors (Lipinski definition) is 2. The van der Waals surface area contributed by atoms with Gasteiger partial charge in [0.2, 0.25) is 0 Å². The molecule has 0 aliphatic rings. The highest BCUT2D eigenvalue weighted by molar-refractivity contribution is 5.94. The van der Waals surface area contributed by atoms with E-state index in [-0.39, 0.29) is 12.1 Å². The molecule has 1 amide bonds. The molecule has 0 saturated carbocycles. The number of aromatic nitrogens is 1. The molecule has 0 aliphatic heterocycles. The molecule has 0 aliphatic carbocycles. The molecular formula is C19H15F3N2O2. The lowest BCUT2D eigenvalue weighted by molar-refractivity contribution is 0.0945. The minimum atomic E-state index is -1.72. The summed E-state index contributed by atoms with van der Waals surface area (Å²) in [6, 6.07) is 6.97. The van der Waals surface area contributed by atoms with Gasteiger partial charge in [-0.1, -0.05) is 11.6 Å². The van der Waals surface area contributed by atoms with Crippen LogP contribution < -0.4 is 10.9 Å². The second-order valence-corrected chi connectivity index (χ2v) is 6.08. The Balaban J connectivity index is 1.88. The van der Waals surface area contributed by atoms with E-state index in [1.165, 1.54) is 0 Å². The van der Waals surface area contributed by atoms with E-state index in [9.17, 15) is 22.8 Å². The zero-order valence-electron chi connectivity index (χ0n) is 14.0. The number of aryl methyl sites for hydroxylation is 2. The van der Waals surface area contributed by atoms with Gasteiger partial charge in [0.25, 0.3) is 11.5 Å². The summed E-state index contributed by atoms with van der Waals surface area (Å²) in [5, 5.41) is 3.15. The molecule has 0 spiro atoms. The molecule has 2 aromatic carbocycles. The van der Waals surface area contributed by atoms with Crippen LogP contribution in [0.15, 0.2) is 35.1 Å². The molecule has 7 heteroatoms. The van der Waals surface area contributed by atoms with Crippen molar-refractivity contribution < 1.29 is 18.0 Å². The van der Waals surface area contributed by atoms with Gasteiger partial charge in [-0.25, -0.2) is 13.2 Å². The summed E-state index contributed by atoms with van der Waals surface area (Å²) < 4.78 is 39.9. The van der Waals surface area contributed by atoms with Gasteiger partial charge in [0.15, 0.2) is 17.5 Å². The van der Waals surface area contributed by atoms with E-state index >= 15 is 0 Å². The predicted molar refractivity (Wildman–Crippen MR) is 91.5 cm³/mol. The van der Waals surface area contributed by atoms with Crippen molar-refractivity contribution in [2.45, 2.75) is 20.4 Å². The molecular weight excluding hydrogens is 345 g/mol. The SMILES string of the molecule is Cc1cc(C)c2[nH]c(=O)c(CNC(=O)c3ccc(F)c(F)c3F)cc2c1. The third kappa shape index (κ3) is 3.20. The maximum atomic E-state index is 13.7. The van der Waals surface area contributed by atoms with E-state index in [0.29, 0.717) is 11.6 Å². The first kappa shape index (κ1) is 17.7. The standard InChI is InChI=1S/C19H15F3N2O2/c1-9-5-10(2)17-11(6-9)7-12(18(25)24-17)8-23-19(26)13-3-4-14(20)16(22)15(13)21/h3-7H,8H2,1-2H3,(H,23,26)(H,24,25). The van der Waals surface area contributed by atoms with Crippen molar-refractivity contribution in [1.29, 1.82) is 0 Å². The van der Waals surface area contributed by atoms with Crippen LogP contribution in [0.2, 0.25) is 0 Å². The van der Waals surface area contributed by atoms with Gasteiger partial charge in [0.1, 0.15) is 0 Å². The van der Waals surface area contributed by atoms with Crippen LogP contribution in [0.4, 0.5) is 13.2 Å². The molecule has 3 aromatic rings. The predicted octanol–water partition coefficient (Wildman–Crippen LogP) is 3.49. The van der Waals surface area contributed by atoms with E-state index in [2.05, 4.69) is 10.3 Å². The number of carbonyl (C=O) groups excluding carboxylic acids is 1. The lowest BCUT2D eigenvalue weighted by Crippen LogP contribution is -2.27. The van der Waals surface area contributed by atoms with Crippen LogP contribution in [-0.4, -0.2) is 10.9 Å². The molecule has 134 valence electrons. The van der Waals surface area contributed by atoms with Crippen molar-refractivity contribution in [3.8, 4) is 0 Å². The molecule has 4 nitrogen and oxygen atoms in total. The number of fused-ring (bicyclic) bond motifs is 1. The van der Waals surface area contributed by atoms with Gasteiger partial charge in [0, 0.05) is 12.1 Å². The van der Waals surface area contributed by atoms with Crippen LogP contribution >= 0.6 is 0 Å². The molecule has 0 unspecified atom stereocenters. The summed E-state index contributed by atoms with van der Waals surface area (Å²) in [4.78, 5) is 27.0. The van der Waals surface area contributed by atoms with Crippen LogP contribution in [0.25, 0.3) is 10.9 Å². The molecule has 1 aromatic heterocycles. The van der Waals surface area contributed by atoms with Crippen molar-refractivity contribution in [2.75, 3.05) is 0 Å². The van der Waals surface area contributed by atoms with Gasteiger partial charge < -0.3 is 10.3 Å². The Bertz CT molecular complexity index is 1090. The molecule has 2 N–H and O–H groups in total. The number of hydrogen-bond donors (Lipinski definition) is 2. The Hall–Kier alpha value is -3.09. The first-order valence-electron chi connectivity index (χ1n) is 7.83. The third-order valence-corrected chi connectivity index (χ3v) is 4.09. The monoisotopic (exact) mass is 360 g/mol. The fourth-order valence-electron chi connectivity index (χ4n) is 2.84. The number of rotatable bonds is 3. The number of carbonyl (C=O) groups is 1. The summed E-state index contributed by atoms with van der Waals surface area (Å²) >= 11 is 0. The van der Waals surface area contributed by atoms with Gasteiger partial charge in [-0.3, -0.25) is 9.59 Å². The highest BCUT2D eigenvalue weighted by Crippen LogP contribution is 2.18. The van der Waals surface area contributed by atoms with Gasteiger partial charge in [-0.15, -0.1) is 0 Å².